The van der Waals surface area contributed by atoms with Gasteiger partial charge in [-0.25, -0.2) is 8.42 Å². The molecule has 0 saturated carbocycles. The van der Waals surface area contributed by atoms with Crippen molar-refractivity contribution in [2.45, 2.75) is 18.7 Å². The summed E-state index contributed by atoms with van der Waals surface area (Å²) in [6.07, 6.45) is 0. The van der Waals surface area contributed by atoms with Crippen molar-refractivity contribution in [3.8, 4) is 0 Å². The molecule has 0 radical (unpaired) electrons. The molecule has 1 aliphatic heterocycles. The summed E-state index contributed by atoms with van der Waals surface area (Å²) in [4.78, 5) is 11.5. The van der Waals surface area contributed by atoms with E-state index in [0.717, 1.165) is 0 Å². The third-order valence-corrected chi connectivity index (χ3v) is 5.04. The molecule has 1 aliphatic rings. The number of hydrogen-bond donors (Lipinski definition) is 2. The molecule has 0 bridgehead atoms. The second-order valence-electron chi connectivity index (χ2n) is 4.58. The van der Waals surface area contributed by atoms with Crippen molar-refractivity contribution in [3.63, 3.8) is 0 Å². The lowest BCUT2D eigenvalue weighted by molar-refractivity contribution is -0.126. The fourth-order valence-corrected chi connectivity index (χ4v) is 3.78. The number of carbonyl (C=O) groups is 1. The molecule has 0 aromatic heterocycles. The molecular weight excluding hydrogens is 266 g/mol. The third-order valence-electron chi connectivity index (χ3n) is 3.13. The molecule has 0 spiro atoms. The Morgan fingerprint density at radius 2 is 2.00 bits per heavy atom. The molecule has 1 heterocycles. The number of carbonyl (C=O) groups excluding carboxylic acids is 1. The van der Waals surface area contributed by atoms with E-state index in [1.54, 1.807) is 31.2 Å². The highest BCUT2D eigenvalue weighted by Crippen LogP contribution is 2.16. The number of piperazine rings is 1. The predicted octanol–water partition coefficient (Wildman–Crippen LogP) is -0.0811. The van der Waals surface area contributed by atoms with Crippen LogP contribution in [0.15, 0.2) is 24.3 Å². The van der Waals surface area contributed by atoms with E-state index in [4.69, 9.17) is 5.73 Å². The number of anilines is 1. The van der Waals surface area contributed by atoms with Crippen molar-refractivity contribution < 1.29 is 13.2 Å². The molecule has 1 atom stereocenters. The summed E-state index contributed by atoms with van der Waals surface area (Å²) in [5.41, 5.74) is 6.81. The zero-order chi connectivity index (χ0) is 14.0. The van der Waals surface area contributed by atoms with E-state index < -0.39 is 16.1 Å². The molecular formula is C12H17N3O3S. The van der Waals surface area contributed by atoms with E-state index in [2.05, 4.69) is 5.32 Å². The van der Waals surface area contributed by atoms with Crippen molar-refractivity contribution in [2.24, 2.45) is 0 Å². The Balaban J connectivity index is 2.18. The van der Waals surface area contributed by atoms with Crippen molar-refractivity contribution in [1.82, 2.24) is 9.62 Å². The number of amides is 1. The van der Waals surface area contributed by atoms with Crippen LogP contribution in [-0.2, 0) is 20.6 Å². The maximum absolute atomic E-state index is 12.3. The zero-order valence-corrected chi connectivity index (χ0v) is 11.5. The highest BCUT2D eigenvalue weighted by Gasteiger charge is 2.34. The number of rotatable bonds is 3. The lowest BCUT2D eigenvalue weighted by atomic mass is 10.2. The normalized spacial score (nSPS) is 21.1. The van der Waals surface area contributed by atoms with E-state index >= 15 is 0 Å². The van der Waals surface area contributed by atoms with Crippen LogP contribution in [0.1, 0.15) is 12.5 Å². The van der Waals surface area contributed by atoms with Gasteiger partial charge in [-0.1, -0.05) is 12.1 Å². The van der Waals surface area contributed by atoms with Gasteiger partial charge in [-0.05, 0) is 24.6 Å². The first kappa shape index (κ1) is 13.8. The van der Waals surface area contributed by atoms with Gasteiger partial charge in [0.25, 0.3) is 0 Å². The molecule has 1 unspecified atom stereocenters. The minimum atomic E-state index is -3.50. The molecule has 104 valence electrons. The molecule has 3 N–H and O–H groups in total. The topological polar surface area (TPSA) is 92.5 Å². The fourth-order valence-electron chi connectivity index (χ4n) is 2.05. The largest absolute Gasteiger partial charge is 0.399 e. The fraction of sp³-hybridized carbons (Fsp3) is 0.417. The SMILES string of the molecule is CC1C(=O)NCCN1S(=O)(=O)Cc1ccc(N)cc1. The van der Waals surface area contributed by atoms with Gasteiger partial charge in [-0.2, -0.15) is 4.31 Å². The average Bonchev–Trinajstić information content (AvgIpc) is 2.35. The Morgan fingerprint density at radius 3 is 2.63 bits per heavy atom. The first-order valence-corrected chi connectivity index (χ1v) is 7.63. The number of benzene rings is 1. The van der Waals surface area contributed by atoms with Gasteiger partial charge < -0.3 is 11.1 Å². The second-order valence-corrected chi connectivity index (χ2v) is 6.50. The van der Waals surface area contributed by atoms with Crippen LogP contribution in [0.25, 0.3) is 0 Å². The summed E-state index contributed by atoms with van der Waals surface area (Å²) in [6, 6.07) is 6.03. The van der Waals surface area contributed by atoms with Gasteiger partial charge in [0.2, 0.25) is 15.9 Å². The number of sulfonamides is 1. The number of nitrogen functional groups attached to an aromatic ring is 1. The van der Waals surface area contributed by atoms with Crippen molar-refractivity contribution >= 4 is 21.6 Å². The second kappa shape index (κ2) is 5.18. The van der Waals surface area contributed by atoms with Crippen LogP contribution >= 0.6 is 0 Å². The molecule has 2 rings (SSSR count). The van der Waals surface area contributed by atoms with Crippen LogP contribution in [0.5, 0.6) is 0 Å². The van der Waals surface area contributed by atoms with Crippen molar-refractivity contribution in [1.29, 1.82) is 0 Å². The van der Waals surface area contributed by atoms with Crippen LogP contribution in [-0.4, -0.2) is 37.8 Å². The van der Waals surface area contributed by atoms with E-state index in [0.29, 0.717) is 24.3 Å². The van der Waals surface area contributed by atoms with Gasteiger partial charge in [-0.15, -0.1) is 0 Å². The summed E-state index contributed by atoms with van der Waals surface area (Å²) in [6.45, 7) is 2.25. The Bertz CT molecular complexity index is 568. The maximum Gasteiger partial charge on any atom is 0.238 e. The summed E-state index contributed by atoms with van der Waals surface area (Å²) < 4.78 is 25.9. The Kier molecular flexibility index (Phi) is 3.77. The predicted molar refractivity (Wildman–Crippen MR) is 72.7 cm³/mol. The highest BCUT2D eigenvalue weighted by atomic mass is 32.2. The Hall–Kier alpha value is -1.60. The smallest absolute Gasteiger partial charge is 0.238 e. The molecule has 1 aromatic rings. The van der Waals surface area contributed by atoms with Gasteiger partial charge in [0.1, 0.15) is 6.04 Å². The summed E-state index contributed by atoms with van der Waals surface area (Å²) in [5.74, 6) is -0.377. The molecule has 7 heteroatoms. The van der Waals surface area contributed by atoms with Crippen LogP contribution in [0.4, 0.5) is 5.69 Å². The van der Waals surface area contributed by atoms with Crippen LogP contribution < -0.4 is 11.1 Å². The first-order valence-electron chi connectivity index (χ1n) is 6.02. The van der Waals surface area contributed by atoms with Crippen molar-refractivity contribution in [2.75, 3.05) is 18.8 Å². The van der Waals surface area contributed by atoms with Gasteiger partial charge in [0.15, 0.2) is 0 Å². The number of hydrogen-bond acceptors (Lipinski definition) is 4. The van der Waals surface area contributed by atoms with Crippen LogP contribution in [0, 0.1) is 0 Å². The van der Waals surface area contributed by atoms with E-state index in [-0.39, 0.29) is 11.7 Å². The minimum Gasteiger partial charge on any atom is -0.399 e. The highest BCUT2D eigenvalue weighted by molar-refractivity contribution is 7.88. The summed E-state index contributed by atoms with van der Waals surface area (Å²) in [7, 11) is -3.50. The molecule has 6 nitrogen and oxygen atoms in total. The van der Waals surface area contributed by atoms with Gasteiger partial charge in [0, 0.05) is 18.8 Å². The lowest BCUT2D eigenvalue weighted by Gasteiger charge is -2.31. The molecule has 0 aliphatic carbocycles. The van der Waals surface area contributed by atoms with Gasteiger partial charge in [-0.3, -0.25) is 4.79 Å². The lowest BCUT2D eigenvalue weighted by Crippen LogP contribution is -2.55. The number of nitrogens with two attached hydrogens (primary N) is 1. The van der Waals surface area contributed by atoms with Crippen LogP contribution in [0.2, 0.25) is 0 Å². The first-order chi connectivity index (χ1) is 8.90. The maximum atomic E-state index is 12.3. The van der Waals surface area contributed by atoms with E-state index in [9.17, 15) is 13.2 Å². The van der Waals surface area contributed by atoms with Crippen LogP contribution in [0.3, 0.4) is 0 Å². The molecule has 1 saturated heterocycles. The number of nitrogens with zero attached hydrogens (tertiary/aromatic N) is 1. The van der Waals surface area contributed by atoms with Gasteiger partial charge in [0.05, 0.1) is 5.75 Å². The molecule has 1 aromatic carbocycles. The molecule has 1 fully saturated rings. The van der Waals surface area contributed by atoms with E-state index in [1.165, 1.54) is 4.31 Å². The number of nitrogens with one attached hydrogen (secondary N) is 1. The summed E-state index contributed by atoms with van der Waals surface area (Å²) >= 11 is 0. The monoisotopic (exact) mass is 283 g/mol. The average molecular weight is 283 g/mol. The molecule has 19 heavy (non-hydrogen) atoms. The molecule has 1 amide bonds. The zero-order valence-electron chi connectivity index (χ0n) is 10.7. The third kappa shape index (κ3) is 3.05. The summed E-state index contributed by atoms with van der Waals surface area (Å²) in [5, 5.41) is 2.64. The Morgan fingerprint density at radius 1 is 1.37 bits per heavy atom. The quantitative estimate of drug-likeness (QED) is 0.759. The minimum absolute atomic E-state index is 0.120. The van der Waals surface area contributed by atoms with Gasteiger partial charge >= 0.3 is 0 Å². The van der Waals surface area contributed by atoms with E-state index in [1.807, 2.05) is 0 Å². The standard InChI is InChI=1S/C12H17N3O3S/c1-9-12(16)14-6-7-15(9)19(17,18)8-10-2-4-11(13)5-3-10/h2-5,9H,6-8,13H2,1H3,(H,14,16). The Labute approximate surface area is 112 Å². The van der Waals surface area contributed by atoms with Crippen molar-refractivity contribution in [3.05, 3.63) is 29.8 Å².